The molecular formula is C7H8NY-. The fourth-order valence-corrected chi connectivity index (χ4v) is 0.491. The third-order valence-electron chi connectivity index (χ3n) is 0.971. The van der Waals surface area contributed by atoms with Crippen LogP contribution in [-0.2, 0) is 32.7 Å². The van der Waals surface area contributed by atoms with Gasteiger partial charge in [0.15, 0.2) is 0 Å². The quantitative estimate of drug-likeness (QED) is 0.571. The first-order valence-corrected chi connectivity index (χ1v) is 2.60. The molecule has 1 aromatic heterocycles. The van der Waals surface area contributed by atoms with Gasteiger partial charge in [0.25, 0.3) is 0 Å². The van der Waals surface area contributed by atoms with E-state index in [-0.39, 0.29) is 32.7 Å². The van der Waals surface area contributed by atoms with Crippen LogP contribution in [0.2, 0.25) is 0 Å². The zero-order valence-electron chi connectivity index (χ0n) is 5.68. The summed E-state index contributed by atoms with van der Waals surface area (Å²) in [5.41, 5.74) is 2.12. The molecule has 1 aromatic rings. The summed E-state index contributed by atoms with van der Waals surface area (Å²) in [6, 6.07) is 4.92. The molecule has 0 amide bonds. The molecule has 1 radical (unpaired) electrons. The van der Waals surface area contributed by atoms with Crippen LogP contribution in [0.1, 0.15) is 11.3 Å². The van der Waals surface area contributed by atoms with E-state index in [9.17, 15) is 0 Å². The van der Waals surface area contributed by atoms with Gasteiger partial charge in [0, 0.05) is 32.7 Å². The van der Waals surface area contributed by atoms with E-state index in [1.807, 2.05) is 26.1 Å². The minimum absolute atomic E-state index is 0. The van der Waals surface area contributed by atoms with Crippen LogP contribution < -0.4 is 0 Å². The van der Waals surface area contributed by atoms with Crippen molar-refractivity contribution in [2.45, 2.75) is 13.8 Å². The fourth-order valence-electron chi connectivity index (χ4n) is 0.491. The monoisotopic (exact) mass is 195 g/mol. The summed E-state index contributed by atoms with van der Waals surface area (Å²) in [6.45, 7) is 3.93. The molecule has 0 fully saturated rings. The van der Waals surface area contributed by atoms with Gasteiger partial charge in [-0.05, 0) is 0 Å². The van der Waals surface area contributed by atoms with Crippen molar-refractivity contribution >= 4 is 0 Å². The first-order chi connectivity index (χ1) is 3.79. The van der Waals surface area contributed by atoms with E-state index in [0.29, 0.717) is 0 Å². The summed E-state index contributed by atoms with van der Waals surface area (Å²) < 4.78 is 0. The van der Waals surface area contributed by atoms with Crippen LogP contribution >= 0.6 is 0 Å². The molecule has 0 saturated carbocycles. The van der Waals surface area contributed by atoms with Crippen molar-refractivity contribution in [1.29, 1.82) is 0 Å². The van der Waals surface area contributed by atoms with Gasteiger partial charge in [0.2, 0.25) is 0 Å². The Kier molecular flexibility index (Phi) is 4.25. The molecule has 0 unspecified atom stereocenters. The third-order valence-corrected chi connectivity index (χ3v) is 0.971. The van der Waals surface area contributed by atoms with Crippen molar-refractivity contribution in [3.8, 4) is 0 Å². The summed E-state index contributed by atoms with van der Waals surface area (Å²) in [7, 11) is 0. The molecule has 0 N–H and O–H groups in total. The smallest absolute Gasteiger partial charge is 0 e. The predicted molar refractivity (Wildman–Crippen MR) is 32.5 cm³/mol. The Morgan fingerprint density at radius 2 is 2.11 bits per heavy atom. The van der Waals surface area contributed by atoms with Crippen LogP contribution in [0.25, 0.3) is 0 Å². The molecule has 0 bridgehead atoms. The second-order valence-electron chi connectivity index (χ2n) is 1.87. The van der Waals surface area contributed by atoms with E-state index in [4.69, 9.17) is 0 Å². The van der Waals surface area contributed by atoms with Gasteiger partial charge in [-0.1, -0.05) is 25.7 Å². The molecule has 1 nitrogen and oxygen atoms in total. The number of hydrogen-bond donors (Lipinski definition) is 0. The van der Waals surface area contributed by atoms with Gasteiger partial charge in [-0.2, -0.15) is 12.1 Å². The Labute approximate surface area is 80.8 Å². The van der Waals surface area contributed by atoms with Crippen LogP contribution in [0.5, 0.6) is 0 Å². The van der Waals surface area contributed by atoms with E-state index >= 15 is 0 Å². The average molecular weight is 195 g/mol. The predicted octanol–water partition coefficient (Wildman–Crippen LogP) is 1.50. The maximum atomic E-state index is 4.05. The topological polar surface area (TPSA) is 12.9 Å². The maximum absolute atomic E-state index is 4.05. The van der Waals surface area contributed by atoms with Gasteiger partial charge in [-0.3, -0.25) is 0 Å². The van der Waals surface area contributed by atoms with Crippen LogP contribution in [-0.4, -0.2) is 4.98 Å². The summed E-state index contributed by atoms with van der Waals surface area (Å²) in [6.07, 6.45) is 1.81. The molecule has 9 heavy (non-hydrogen) atoms. The molecule has 0 aliphatic carbocycles. The maximum Gasteiger partial charge on any atom is 0 e. The van der Waals surface area contributed by atoms with Gasteiger partial charge in [0.05, 0.1) is 0 Å². The van der Waals surface area contributed by atoms with Crippen molar-refractivity contribution in [2.24, 2.45) is 0 Å². The molecule has 0 spiro atoms. The summed E-state index contributed by atoms with van der Waals surface area (Å²) in [4.78, 5) is 4.05. The SMILES string of the molecule is Cc1[c-]cc(C)nc1.[Y]. The van der Waals surface area contributed by atoms with E-state index in [1.165, 1.54) is 0 Å². The fraction of sp³-hybridized carbons (Fsp3) is 0.286. The average Bonchev–Trinajstić information content (AvgIpc) is 1.77. The van der Waals surface area contributed by atoms with E-state index in [1.54, 1.807) is 0 Å². The second kappa shape index (κ2) is 4.13. The Bertz CT molecular complexity index is 148. The number of aryl methyl sites for hydroxylation is 2. The van der Waals surface area contributed by atoms with Crippen molar-refractivity contribution in [3.63, 3.8) is 0 Å². The summed E-state index contributed by atoms with van der Waals surface area (Å²) >= 11 is 0. The summed E-state index contributed by atoms with van der Waals surface area (Å²) in [5, 5.41) is 0. The number of hydrogen-bond acceptors (Lipinski definition) is 1. The molecule has 45 valence electrons. The Morgan fingerprint density at radius 3 is 2.44 bits per heavy atom. The molecule has 2 heteroatoms. The van der Waals surface area contributed by atoms with Crippen molar-refractivity contribution in [2.75, 3.05) is 0 Å². The van der Waals surface area contributed by atoms with Crippen LogP contribution in [0.4, 0.5) is 0 Å². The van der Waals surface area contributed by atoms with Crippen LogP contribution in [0, 0.1) is 19.9 Å². The third kappa shape index (κ3) is 3.07. The van der Waals surface area contributed by atoms with Gasteiger partial charge < -0.3 is 4.98 Å². The molecule has 0 atom stereocenters. The van der Waals surface area contributed by atoms with Crippen LogP contribution in [0.15, 0.2) is 12.3 Å². The first-order valence-electron chi connectivity index (χ1n) is 2.60. The largest absolute Gasteiger partial charge is 0.388 e. The minimum atomic E-state index is 0. The molecule has 0 saturated heterocycles. The van der Waals surface area contributed by atoms with Gasteiger partial charge in [-0.15, -0.1) is 5.56 Å². The molecule has 0 aliphatic rings. The van der Waals surface area contributed by atoms with Gasteiger partial charge >= 0.3 is 0 Å². The van der Waals surface area contributed by atoms with E-state index < -0.39 is 0 Å². The zero-order valence-corrected chi connectivity index (χ0v) is 8.52. The standard InChI is InChI=1S/C7H8N.Y/c1-6-3-4-7(2)8-5-6;/h4-5H,1-2H3;/q-1;. The Hall–Kier alpha value is 0.254. The molecule has 1 heterocycles. The number of pyridine rings is 1. The van der Waals surface area contributed by atoms with Crippen LogP contribution in [0.3, 0.4) is 0 Å². The van der Waals surface area contributed by atoms with E-state index in [0.717, 1.165) is 11.3 Å². The molecule has 0 aromatic carbocycles. The molecule has 0 aliphatic heterocycles. The van der Waals surface area contributed by atoms with Crippen molar-refractivity contribution in [3.05, 3.63) is 29.6 Å². The van der Waals surface area contributed by atoms with E-state index in [2.05, 4.69) is 11.1 Å². The van der Waals surface area contributed by atoms with Crippen molar-refractivity contribution in [1.82, 2.24) is 4.98 Å². The first kappa shape index (κ1) is 9.25. The van der Waals surface area contributed by atoms with Gasteiger partial charge in [-0.25, -0.2) is 0 Å². The van der Waals surface area contributed by atoms with Gasteiger partial charge in [0.1, 0.15) is 0 Å². The number of nitrogens with zero attached hydrogens (tertiary/aromatic N) is 1. The normalized spacial score (nSPS) is 8.22. The molecular weight excluding hydrogens is 187 g/mol. The second-order valence-corrected chi connectivity index (χ2v) is 1.87. The Morgan fingerprint density at radius 1 is 1.44 bits per heavy atom. The number of rotatable bonds is 0. The minimum Gasteiger partial charge on any atom is -0.388 e. The zero-order chi connectivity index (χ0) is 5.98. The number of aromatic nitrogens is 1. The molecule has 1 rings (SSSR count). The summed E-state index contributed by atoms with van der Waals surface area (Å²) in [5.74, 6) is 0. The Balaban J connectivity index is 0.000000640. The van der Waals surface area contributed by atoms with Crippen molar-refractivity contribution < 1.29 is 32.7 Å².